The molecule has 78 valence electrons. The highest BCUT2D eigenvalue weighted by Crippen LogP contribution is 2.46. The Bertz CT molecular complexity index is 524. The zero-order valence-electron chi connectivity index (χ0n) is 8.98. The van der Waals surface area contributed by atoms with E-state index in [1.54, 1.807) is 0 Å². The van der Waals surface area contributed by atoms with Crippen LogP contribution < -0.4 is 5.73 Å². The van der Waals surface area contributed by atoms with E-state index < -0.39 is 0 Å². The fraction of sp³-hybridized carbons (Fsp3) is 0.0667. The lowest BCUT2D eigenvalue weighted by Gasteiger charge is -2.12. The van der Waals surface area contributed by atoms with Gasteiger partial charge in [0.15, 0.2) is 0 Å². The van der Waals surface area contributed by atoms with Crippen molar-refractivity contribution in [3.05, 3.63) is 71.9 Å². The van der Waals surface area contributed by atoms with Crippen molar-refractivity contribution in [2.75, 3.05) is 0 Å². The van der Waals surface area contributed by atoms with Crippen molar-refractivity contribution in [2.24, 2.45) is 5.73 Å². The molecule has 2 N–H and O–H groups in total. The number of benzene rings is 2. The van der Waals surface area contributed by atoms with Crippen LogP contribution in [0.4, 0.5) is 0 Å². The second kappa shape index (κ2) is 3.24. The summed E-state index contributed by atoms with van der Waals surface area (Å²) >= 11 is 0. The summed E-state index contributed by atoms with van der Waals surface area (Å²) in [5, 5.41) is 0. The molecule has 0 fully saturated rings. The quantitative estimate of drug-likeness (QED) is 0.763. The summed E-state index contributed by atoms with van der Waals surface area (Å²) < 4.78 is 0. The van der Waals surface area contributed by atoms with Gasteiger partial charge < -0.3 is 5.73 Å². The molecule has 0 saturated heterocycles. The molecule has 0 amide bonds. The third kappa shape index (κ3) is 1.12. The highest BCUT2D eigenvalue weighted by Gasteiger charge is 2.28. The van der Waals surface area contributed by atoms with Crippen molar-refractivity contribution >= 4 is 0 Å². The topological polar surface area (TPSA) is 26.0 Å². The number of fused-ring (bicyclic) bond motifs is 3. The maximum atomic E-state index is 5.93. The maximum absolute atomic E-state index is 5.93. The Labute approximate surface area is 95.2 Å². The first kappa shape index (κ1) is 9.22. The van der Waals surface area contributed by atoms with Gasteiger partial charge in [-0.05, 0) is 22.3 Å². The number of rotatable bonds is 1. The van der Waals surface area contributed by atoms with Gasteiger partial charge in [0.2, 0.25) is 0 Å². The van der Waals surface area contributed by atoms with Crippen molar-refractivity contribution < 1.29 is 0 Å². The molecule has 3 rings (SSSR count). The van der Waals surface area contributed by atoms with Gasteiger partial charge in [0.1, 0.15) is 0 Å². The third-order valence-electron chi connectivity index (χ3n) is 3.20. The minimum Gasteiger partial charge on any atom is -0.402 e. The molecule has 0 heterocycles. The molecule has 0 atom stereocenters. The molecule has 1 aliphatic rings. The summed E-state index contributed by atoms with van der Waals surface area (Å²) in [6.07, 6.45) is 0. The van der Waals surface area contributed by atoms with Crippen LogP contribution in [0.15, 0.2) is 60.8 Å². The SMILES string of the molecule is C=C(N)C1c2ccccc2-c2ccccc21. The average Bonchev–Trinajstić information content (AvgIpc) is 2.63. The predicted molar refractivity (Wildman–Crippen MR) is 67.0 cm³/mol. The van der Waals surface area contributed by atoms with E-state index in [0.29, 0.717) is 0 Å². The second-order valence-corrected chi connectivity index (χ2v) is 4.18. The molecule has 0 aromatic heterocycles. The monoisotopic (exact) mass is 207 g/mol. The summed E-state index contributed by atoms with van der Waals surface area (Å²) in [6.45, 7) is 3.91. The number of hydrogen-bond donors (Lipinski definition) is 1. The zero-order chi connectivity index (χ0) is 11.1. The molecule has 1 heteroatoms. The second-order valence-electron chi connectivity index (χ2n) is 4.18. The van der Waals surface area contributed by atoms with E-state index in [1.165, 1.54) is 22.3 Å². The van der Waals surface area contributed by atoms with Crippen molar-refractivity contribution in [2.45, 2.75) is 5.92 Å². The Kier molecular flexibility index (Phi) is 1.87. The van der Waals surface area contributed by atoms with Crippen LogP contribution in [0.2, 0.25) is 0 Å². The highest BCUT2D eigenvalue weighted by molar-refractivity contribution is 5.80. The van der Waals surface area contributed by atoms with Gasteiger partial charge in [-0.3, -0.25) is 0 Å². The number of allylic oxidation sites excluding steroid dienone is 1. The minimum atomic E-state index is 0.160. The molecule has 0 radical (unpaired) electrons. The molecule has 1 nitrogen and oxygen atoms in total. The van der Waals surface area contributed by atoms with E-state index in [9.17, 15) is 0 Å². The number of hydrogen-bond acceptors (Lipinski definition) is 1. The van der Waals surface area contributed by atoms with Gasteiger partial charge in [0.25, 0.3) is 0 Å². The van der Waals surface area contributed by atoms with Gasteiger partial charge in [-0.2, -0.15) is 0 Å². The van der Waals surface area contributed by atoms with E-state index in [2.05, 4.69) is 55.1 Å². The van der Waals surface area contributed by atoms with Crippen LogP contribution in [0.5, 0.6) is 0 Å². The summed E-state index contributed by atoms with van der Waals surface area (Å²) in [7, 11) is 0. The third-order valence-corrected chi connectivity index (χ3v) is 3.20. The fourth-order valence-corrected chi connectivity index (χ4v) is 2.56. The summed E-state index contributed by atoms with van der Waals surface area (Å²) in [5.74, 6) is 0.160. The standard InChI is InChI=1S/C15H13N/c1-10(16)15-13-8-4-2-6-11(13)12-7-3-5-9-14(12)15/h2-9,15H,1,16H2. The Hall–Kier alpha value is -2.02. The van der Waals surface area contributed by atoms with E-state index in [1.807, 2.05) is 0 Å². The van der Waals surface area contributed by atoms with Crippen molar-refractivity contribution in [1.29, 1.82) is 0 Å². The minimum absolute atomic E-state index is 0.160. The molecule has 0 aliphatic heterocycles. The fourth-order valence-electron chi connectivity index (χ4n) is 2.56. The molecule has 1 aliphatic carbocycles. The molecule has 2 aromatic carbocycles. The van der Waals surface area contributed by atoms with Crippen LogP contribution in [-0.2, 0) is 0 Å². The highest BCUT2D eigenvalue weighted by atomic mass is 14.6. The molecule has 0 unspecified atom stereocenters. The molecule has 0 saturated carbocycles. The molecular formula is C15H13N. The maximum Gasteiger partial charge on any atom is 0.0491 e. The normalized spacial score (nSPS) is 13.2. The van der Waals surface area contributed by atoms with Gasteiger partial charge in [0, 0.05) is 11.6 Å². The van der Waals surface area contributed by atoms with Crippen LogP contribution in [0.25, 0.3) is 11.1 Å². The van der Waals surface area contributed by atoms with Crippen LogP contribution in [0.1, 0.15) is 17.0 Å². The predicted octanol–water partition coefficient (Wildman–Crippen LogP) is 3.27. The summed E-state index contributed by atoms with van der Waals surface area (Å²) in [4.78, 5) is 0. The molecule has 0 bridgehead atoms. The Balaban J connectivity index is 2.34. The first-order valence-electron chi connectivity index (χ1n) is 5.41. The lowest BCUT2D eigenvalue weighted by atomic mass is 9.95. The lowest BCUT2D eigenvalue weighted by Crippen LogP contribution is -2.07. The Morgan fingerprint density at radius 3 is 1.75 bits per heavy atom. The van der Waals surface area contributed by atoms with Crippen LogP contribution in [-0.4, -0.2) is 0 Å². The van der Waals surface area contributed by atoms with Crippen molar-refractivity contribution in [3.63, 3.8) is 0 Å². The first-order chi connectivity index (χ1) is 7.79. The zero-order valence-corrected chi connectivity index (χ0v) is 8.98. The summed E-state index contributed by atoms with van der Waals surface area (Å²) in [6, 6.07) is 16.8. The van der Waals surface area contributed by atoms with Crippen molar-refractivity contribution in [3.8, 4) is 11.1 Å². The van der Waals surface area contributed by atoms with Crippen molar-refractivity contribution in [1.82, 2.24) is 0 Å². The lowest BCUT2D eigenvalue weighted by molar-refractivity contribution is 0.966. The van der Waals surface area contributed by atoms with Crippen LogP contribution in [0, 0.1) is 0 Å². The number of nitrogens with two attached hydrogens (primary N) is 1. The first-order valence-corrected chi connectivity index (χ1v) is 5.41. The molecule has 0 spiro atoms. The Morgan fingerprint density at radius 1 is 0.875 bits per heavy atom. The van der Waals surface area contributed by atoms with Gasteiger partial charge >= 0.3 is 0 Å². The van der Waals surface area contributed by atoms with E-state index in [4.69, 9.17) is 5.73 Å². The van der Waals surface area contributed by atoms with Gasteiger partial charge in [-0.15, -0.1) is 0 Å². The van der Waals surface area contributed by atoms with E-state index >= 15 is 0 Å². The smallest absolute Gasteiger partial charge is 0.0491 e. The van der Waals surface area contributed by atoms with E-state index in [0.717, 1.165) is 5.70 Å². The van der Waals surface area contributed by atoms with Gasteiger partial charge in [-0.1, -0.05) is 55.1 Å². The Morgan fingerprint density at radius 2 is 1.31 bits per heavy atom. The van der Waals surface area contributed by atoms with Gasteiger partial charge in [0.05, 0.1) is 0 Å². The molecule has 16 heavy (non-hydrogen) atoms. The van der Waals surface area contributed by atoms with Crippen LogP contribution in [0.3, 0.4) is 0 Å². The van der Waals surface area contributed by atoms with E-state index in [-0.39, 0.29) is 5.92 Å². The largest absolute Gasteiger partial charge is 0.402 e. The summed E-state index contributed by atoms with van der Waals surface area (Å²) in [5.41, 5.74) is 11.8. The molecule has 2 aromatic rings. The van der Waals surface area contributed by atoms with Crippen LogP contribution >= 0.6 is 0 Å². The van der Waals surface area contributed by atoms with Gasteiger partial charge in [-0.25, -0.2) is 0 Å². The average molecular weight is 207 g/mol. The molecular weight excluding hydrogens is 194 g/mol.